The van der Waals surface area contributed by atoms with Crippen LogP contribution in [-0.2, 0) is 9.84 Å². The highest BCUT2D eigenvalue weighted by Gasteiger charge is 2.41. The zero-order valence-corrected chi connectivity index (χ0v) is 15.5. The highest BCUT2D eigenvalue weighted by molar-refractivity contribution is 7.92. The van der Waals surface area contributed by atoms with Crippen molar-refractivity contribution < 1.29 is 8.42 Å². The Morgan fingerprint density at radius 3 is 2.65 bits per heavy atom. The van der Waals surface area contributed by atoms with Gasteiger partial charge in [0.2, 0.25) is 0 Å². The maximum atomic E-state index is 12.1. The van der Waals surface area contributed by atoms with Crippen molar-refractivity contribution in [1.29, 1.82) is 0 Å². The second-order valence-corrected chi connectivity index (χ2v) is 10.9. The summed E-state index contributed by atoms with van der Waals surface area (Å²) < 4.78 is 23.6. The molecule has 3 unspecified atom stereocenters. The van der Waals surface area contributed by atoms with Gasteiger partial charge in [0.25, 0.3) is 0 Å². The molecule has 6 heteroatoms. The van der Waals surface area contributed by atoms with Crippen molar-refractivity contribution in [2.75, 3.05) is 32.4 Å². The Labute approximate surface area is 140 Å². The van der Waals surface area contributed by atoms with E-state index in [9.17, 15) is 8.42 Å². The summed E-state index contributed by atoms with van der Waals surface area (Å²) in [5.74, 6) is 3.92. The van der Waals surface area contributed by atoms with Gasteiger partial charge >= 0.3 is 0 Å². The van der Waals surface area contributed by atoms with Crippen molar-refractivity contribution in [3.63, 3.8) is 0 Å². The molecule has 0 aromatic heterocycles. The van der Waals surface area contributed by atoms with Crippen LogP contribution in [-0.4, -0.2) is 56.5 Å². The molecule has 0 aromatic carbocycles. The minimum atomic E-state index is -3.00. The quantitative estimate of drug-likeness (QED) is 0.629. The number of sulfone groups is 1. The van der Waals surface area contributed by atoms with E-state index in [0.717, 1.165) is 30.3 Å². The zero-order chi connectivity index (χ0) is 16.7. The molecule has 0 radical (unpaired) electrons. The molecule has 2 aliphatic carbocycles. The summed E-state index contributed by atoms with van der Waals surface area (Å²) in [6.45, 7) is 5.64. The van der Waals surface area contributed by atoms with Crippen molar-refractivity contribution in [1.82, 2.24) is 10.2 Å². The first-order chi connectivity index (χ1) is 10.8. The van der Waals surface area contributed by atoms with Crippen LogP contribution in [0.3, 0.4) is 0 Å². The average molecular weight is 342 g/mol. The molecule has 132 valence electrons. The van der Waals surface area contributed by atoms with Crippen LogP contribution in [0.2, 0.25) is 0 Å². The van der Waals surface area contributed by atoms with Gasteiger partial charge in [0.1, 0.15) is 0 Å². The summed E-state index contributed by atoms with van der Waals surface area (Å²) in [6, 6.07) is 0. The Hall–Kier alpha value is -0.780. The first-order valence-electron chi connectivity index (χ1n) is 9.00. The molecule has 3 fully saturated rings. The first-order valence-corrected chi connectivity index (χ1v) is 10.7. The van der Waals surface area contributed by atoms with E-state index >= 15 is 0 Å². The average Bonchev–Trinajstić information content (AvgIpc) is 3.09. The van der Waals surface area contributed by atoms with Gasteiger partial charge in [-0.05, 0) is 57.3 Å². The Morgan fingerprint density at radius 2 is 2.09 bits per heavy atom. The minimum Gasteiger partial charge on any atom is -0.356 e. The molecule has 1 heterocycles. The smallest absolute Gasteiger partial charge is 0.193 e. The van der Waals surface area contributed by atoms with Crippen LogP contribution >= 0.6 is 0 Å². The van der Waals surface area contributed by atoms with E-state index in [-0.39, 0.29) is 5.75 Å². The van der Waals surface area contributed by atoms with Crippen LogP contribution in [0.1, 0.15) is 46.0 Å². The second-order valence-electron chi connectivity index (χ2n) is 8.20. The number of hydrogen-bond acceptors (Lipinski definition) is 3. The third-order valence-corrected chi connectivity index (χ3v) is 8.77. The molecule has 0 amide bonds. The van der Waals surface area contributed by atoms with Crippen molar-refractivity contribution in [2.45, 2.75) is 50.7 Å². The van der Waals surface area contributed by atoms with Gasteiger partial charge < -0.3 is 10.2 Å². The normalized spacial score (nSPS) is 35.5. The van der Waals surface area contributed by atoms with Gasteiger partial charge in [-0.1, -0.05) is 6.42 Å². The lowest BCUT2D eigenvalue weighted by molar-refractivity contribution is 0.310. The van der Waals surface area contributed by atoms with Crippen molar-refractivity contribution in [3.8, 4) is 0 Å². The standard InChI is InChI=1S/C17H31N3O2S/c1-17(2)12-20(8-9-23(17,21)22)16(18-3)19-7-6-15-11-13-4-5-14(15)10-13/h13-15H,4-12H2,1-3H3,(H,18,19). The summed E-state index contributed by atoms with van der Waals surface area (Å²) in [4.78, 5) is 6.47. The molecule has 0 aromatic rings. The monoisotopic (exact) mass is 341 g/mol. The van der Waals surface area contributed by atoms with E-state index < -0.39 is 14.6 Å². The number of aliphatic imine (C=N–C) groups is 1. The van der Waals surface area contributed by atoms with Crippen molar-refractivity contribution >= 4 is 15.8 Å². The second kappa shape index (κ2) is 6.26. The van der Waals surface area contributed by atoms with Crippen LogP contribution in [0.25, 0.3) is 0 Å². The Kier molecular flexibility index (Phi) is 4.64. The fourth-order valence-electron chi connectivity index (χ4n) is 4.76. The van der Waals surface area contributed by atoms with Crippen LogP contribution in [0, 0.1) is 17.8 Å². The number of fused-ring (bicyclic) bond motifs is 2. The SMILES string of the molecule is CN=C(NCCC1CC2CCC1C2)N1CCS(=O)(=O)C(C)(C)C1. The topological polar surface area (TPSA) is 61.8 Å². The molecular weight excluding hydrogens is 310 g/mol. The van der Waals surface area contributed by atoms with E-state index in [4.69, 9.17) is 0 Å². The molecule has 0 spiro atoms. The number of guanidine groups is 1. The minimum absolute atomic E-state index is 0.215. The van der Waals surface area contributed by atoms with Gasteiger partial charge in [-0.3, -0.25) is 4.99 Å². The lowest BCUT2D eigenvalue weighted by Gasteiger charge is -2.39. The number of nitrogens with zero attached hydrogens (tertiary/aromatic N) is 2. The van der Waals surface area contributed by atoms with Gasteiger partial charge in [-0.2, -0.15) is 0 Å². The number of hydrogen-bond donors (Lipinski definition) is 1. The van der Waals surface area contributed by atoms with E-state index in [2.05, 4.69) is 15.2 Å². The summed E-state index contributed by atoms with van der Waals surface area (Å²) in [7, 11) is -1.21. The van der Waals surface area contributed by atoms with E-state index in [1.165, 1.54) is 32.1 Å². The Morgan fingerprint density at radius 1 is 1.30 bits per heavy atom. The maximum absolute atomic E-state index is 12.1. The number of nitrogens with one attached hydrogen (secondary N) is 1. The van der Waals surface area contributed by atoms with Gasteiger partial charge in [0, 0.05) is 26.7 Å². The van der Waals surface area contributed by atoms with Crippen molar-refractivity contribution in [2.24, 2.45) is 22.7 Å². The lowest BCUT2D eigenvalue weighted by Crippen LogP contribution is -2.57. The Bertz CT molecular complexity index is 570. The predicted octanol–water partition coefficient (Wildman–Crippen LogP) is 1.90. The van der Waals surface area contributed by atoms with E-state index in [1.807, 2.05) is 13.8 Å². The largest absolute Gasteiger partial charge is 0.356 e. The predicted molar refractivity (Wildman–Crippen MR) is 94.4 cm³/mol. The van der Waals surface area contributed by atoms with Gasteiger partial charge in [0.05, 0.1) is 10.5 Å². The zero-order valence-electron chi connectivity index (χ0n) is 14.7. The molecule has 1 saturated heterocycles. The van der Waals surface area contributed by atoms with E-state index in [0.29, 0.717) is 13.1 Å². The first kappa shape index (κ1) is 17.1. The summed E-state index contributed by atoms with van der Waals surface area (Å²) in [5.41, 5.74) is 0. The van der Waals surface area contributed by atoms with Crippen molar-refractivity contribution in [3.05, 3.63) is 0 Å². The number of rotatable bonds is 3. The Balaban J connectivity index is 1.51. The van der Waals surface area contributed by atoms with Gasteiger partial charge in [-0.15, -0.1) is 0 Å². The van der Waals surface area contributed by atoms with Gasteiger partial charge in [0.15, 0.2) is 15.8 Å². The molecular formula is C17H31N3O2S. The van der Waals surface area contributed by atoms with Crippen LogP contribution in [0.4, 0.5) is 0 Å². The molecule has 2 saturated carbocycles. The van der Waals surface area contributed by atoms with Crippen LogP contribution in [0.15, 0.2) is 4.99 Å². The molecule has 2 bridgehead atoms. The highest BCUT2D eigenvalue weighted by atomic mass is 32.2. The molecule has 1 N–H and O–H groups in total. The fourth-order valence-corrected chi connectivity index (χ4v) is 6.12. The molecule has 3 atom stereocenters. The van der Waals surface area contributed by atoms with E-state index in [1.54, 1.807) is 7.05 Å². The maximum Gasteiger partial charge on any atom is 0.193 e. The molecule has 3 aliphatic rings. The third-order valence-electron chi connectivity index (χ3n) is 6.24. The highest BCUT2D eigenvalue weighted by Crippen LogP contribution is 2.49. The fraction of sp³-hybridized carbons (Fsp3) is 0.941. The van der Waals surface area contributed by atoms with Crippen LogP contribution < -0.4 is 5.32 Å². The lowest BCUT2D eigenvalue weighted by atomic mass is 9.86. The molecule has 3 rings (SSSR count). The summed E-state index contributed by atoms with van der Waals surface area (Å²) >= 11 is 0. The molecule has 23 heavy (non-hydrogen) atoms. The summed E-state index contributed by atoms with van der Waals surface area (Å²) in [6.07, 6.45) is 6.98. The van der Waals surface area contributed by atoms with Gasteiger partial charge in [-0.25, -0.2) is 8.42 Å². The molecule has 1 aliphatic heterocycles. The third kappa shape index (κ3) is 3.37. The molecule has 5 nitrogen and oxygen atoms in total. The summed E-state index contributed by atoms with van der Waals surface area (Å²) in [5, 5.41) is 3.47. The van der Waals surface area contributed by atoms with Crippen LogP contribution in [0.5, 0.6) is 0 Å².